The minimum absolute atomic E-state index is 0.579. The van der Waals surface area contributed by atoms with Gasteiger partial charge < -0.3 is 14.5 Å². The second kappa shape index (κ2) is 4.23. The van der Waals surface area contributed by atoms with Crippen LogP contribution in [-0.2, 0) is 0 Å². The zero-order valence-corrected chi connectivity index (χ0v) is 11.0. The van der Waals surface area contributed by atoms with Gasteiger partial charge in [-0.15, -0.1) is 0 Å². The zero-order chi connectivity index (χ0) is 13.5. The molecule has 3 aromatic rings. The number of aromatic nitrogens is 3. The molecule has 4 rings (SSSR count). The Hall–Kier alpha value is -2.56. The first-order valence-corrected chi connectivity index (χ1v) is 6.53. The molecule has 0 spiro atoms. The second-order valence-electron chi connectivity index (χ2n) is 4.76. The van der Waals surface area contributed by atoms with E-state index < -0.39 is 0 Å². The smallest absolute Gasteiger partial charge is 0.163 e. The van der Waals surface area contributed by atoms with E-state index in [-0.39, 0.29) is 0 Å². The molecule has 5 heteroatoms. The van der Waals surface area contributed by atoms with E-state index in [2.05, 4.69) is 15.0 Å². The van der Waals surface area contributed by atoms with E-state index in [0.717, 1.165) is 39.7 Å². The normalized spacial score (nSPS) is 13.7. The number of imidazole rings is 1. The minimum atomic E-state index is 0.579. The van der Waals surface area contributed by atoms with Crippen molar-refractivity contribution >= 4 is 11.0 Å². The maximum Gasteiger partial charge on any atom is 0.163 e. The Bertz CT molecular complexity index is 752. The van der Waals surface area contributed by atoms with Crippen LogP contribution in [0, 0.1) is 6.92 Å². The molecule has 0 saturated carbocycles. The number of nitrogens with zero attached hydrogens (tertiary/aromatic N) is 2. The van der Waals surface area contributed by atoms with Crippen molar-refractivity contribution < 1.29 is 9.47 Å². The molecule has 2 aromatic heterocycles. The SMILES string of the molecule is Cc1cccc(-c2nc3cc4c(cc3[nH]2)OCCO4)n1. The lowest BCUT2D eigenvalue weighted by atomic mass is 10.2. The molecule has 100 valence electrons. The number of fused-ring (bicyclic) bond motifs is 2. The van der Waals surface area contributed by atoms with Crippen molar-refractivity contribution in [3.63, 3.8) is 0 Å². The number of H-pyrrole nitrogens is 1. The number of aromatic amines is 1. The zero-order valence-electron chi connectivity index (χ0n) is 11.0. The van der Waals surface area contributed by atoms with Crippen molar-refractivity contribution in [3.05, 3.63) is 36.0 Å². The summed E-state index contributed by atoms with van der Waals surface area (Å²) in [5.41, 5.74) is 3.58. The summed E-state index contributed by atoms with van der Waals surface area (Å²) in [6, 6.07) is 9.71. The summed E-state index contributed by atoms with van der Waals surface area (Å²) >= 11 is 0. The molecular formula is C15H13N3O2. The molecule has 0 atom stereocenters. The highest BCUT2D eigenvalue weighted by Gasteiger charge is 2.15. The molecule has 0 radical (unpaired) electrons. The van der Waals surface area contributed by atoms with Crippen molar-refractivity contribution in [3.8, 4) is 23.0 Å². The number of aryl methyl sites for hydroxylation is 1. The van der Waals surface area contributed by atoms with E-state index in [1.54, 1.807) is 0 Å². The predicted molar refractivity (Wildman–Crippen MR) is 75.1 cm³/mol. The molecule has 3 heterocycles. The van der Waals surface area contributed by atoms with Gasteiger partial charge in [0.15, 0.2) is 17.3 Å². The van der Waals surface area contributed by atoms with Crippen molar-refractivity contribution in [2.45, 2.75) is 6.92 Å². The Kier molecular flexibility index (Phi) is 2.39. The molecular weight excluding hydrogens is 254 g/mol. The fraction of sp³-hybridized carbons (Fsp3) is 0.200. The standard InChI is InChI=1S/C15H13N3O2/c1-9-3-2-4-10(16-9)15-17-11-7-13-14(8-12(11)18-15)20-6-5-19-13/h2-4,7-8H,5-6H2,1H3,(H,17,18). The van der Waals surface area contributed by atoms with Gasteiger partial charge in [0.25, 0.3) is 0 Å². The number of hydrogen-bond donors (Lipinski definition) is 1. The van der Waals surface area contributed by atoms with E-state index in [9.17, 15) is 0 Å². The fourth-order valence-electron chi connectivity index (χ4n) is 2.34. The molecule has 1 aromatic carbocycles. The molecule has 1 aliphatic heterocycles. The van der Waals surface area contributed by atoms with E-state index >= 15 is 0 Å². The van der Waals surface area contributed by atoms with Gasteiger partial charge in [0.05, 0.1) is 11.0 Å². The summed E-state index contributed by atoms with van der Waals surface area (Å²) in [6.45, 7) is 3.13. The first kappa shape index (κ1) is 11.3. The van der Waals surface area contributed by atoms with Crippen LogP contribution in [0.4, 0.5) is 0 Å². The summed E-state index contributed by atoms with van der Waals surface area (Å²) in [5, 5.41) is 0. The summed E-state index contributed by atoms with van der Waals surface area (Å²) < 4.78 is 11.1. The minimum Gasteiger partial charge on any atom is -0.486 e. The predicted octanol–water partition coefficient (Wildman–Crippen LogP) is 2.70. The average Bonchev–Trinajstić information content (AvgIpc) is 2.87. The molecule has 5 nitrogen and oxygen atoms in total. The molecule has 0 aliphatic carbocycles. The van der Waals surface area contributed by atoms with Crippen LogP contribution in [0.1, 0.15) is 5.69 Å². The fourth-order valence-corrected chi connectivity index (χ4v) is 2.34. The van der Waals surface area contributed by atoms with Crippen LogP contribution in [0.2, 0.25) is 0 Å². The number of ether oxygens (including phenoxy) is 2. The molecule has 0 amide bonds. The highest BCUT2D eigenvalue weighted by molar-refractivity contribution is 5.82. The maximum absolute atomic E-state index is 5.58. The summed E-state index contributed by atoms with van der Waals surface area (Å²) in [4.78, 5) is 12.3. The van der Waals surface area contributed by atoms with E-state index in [0.29, 0.717) is 13.2 Å². The maximum atomic E-state index is 5.58. The van der Waals surface area contributed by atoms with E-state index in [1.807, 2.05) is 37.3 Å². The van der Waals surface area contributed by atoms with Gasteiger partial charge in [-0.1, -0.05) is 6.07 Å². The Morgan fingerprint density at radius 3 is 2.65 bits per heavy atom. The monoisotopic (exact) mass is 267 g/mol. The molecule has 0 fully saturated rings. The van der Waals surface area contributed by atoms with Crippen LogP contribution in [0.15, 0.2) is 30.3 Å². The lowest BCUT2D eigenvalue weighted by molar-refractivity contribution is 0.172. The van der Waals surface area contributed by atoms with Gasteiger partial charge in [0, 0.05) is 17.8 Å². The number of benzene rings is 1. The molecule has 1 N–H and O–H groups in total. The molecule has 20 heavy (non-hydrogen) atoms. The van der Waals surface area contributed by atoms with Gasteiger partial charge in [-0.05, 0) is 19.1 Å². The Morgan fingerprint density at radius 1 is 1.05 bits per heavy atom. The summed E-state index contributed by atoms with van der Waals surface area (Å²) in [5.74, 6) is 2.26. The molecule has 0 bridgehead atoms. The van der Waals surface area contributed by atoms with Gasteiger partial charge >= 0.3 is 0 Å². The van der Waals surface area contributed by atoms with E-state index in [4.69, 9.17) is 9.47 Å². The summed E-state index contributed by atoms with van der Waals surface area (Å²) in [6.07, 6.45) is 0. The average molecular weight is 267 g/mol. The van der Waals surface area contributed by atoms with Crippen LogP contribution in [0.5, 0.6) is 11.5 Å². The number of pyridine rings is 1. The van der Waals surface area contributed by atoms with Crippen molar-refractivity contribution in [1.29, 1.82) is 0 Å². The van der Waals surface area contributed by atoms with Crippen LogP contribution in [-0.4, -0.2) is 28.2 Å². The topological polar surface area (TPSA) is 60.0 Å². The van der Waals surface area contributed by atoms with Crippen LogP contribution >= 0.6 is 0 Å². The molecule has 1 aliphatic rings. The highest BCUT2D eigenvalue weighted by atomic mass is 16.6. The van der Waals surface area contributed by atoms with Crippen LogP contribution in [0.3, 0.4) is 0 Å². The van der Waals surface area contributed by atoms with Crippen molar-refractivity contribution in [2.24, 2.45) is 0 Å². The first-order chi connectivity index (χ1) is 9.79. The number of nitrogens with one attached hydrogen (secondary N) is 1. The first-order valence-electron chi connectivity index (χ1n) is 6.53. The Labute approximate surface area is 115 Å². The highest BCUT2D eigenvalue weighted by Crippen LogP contribution is 2.34. The van der Waals surface area contributed by atoms with Gasteiger partial charge in [-0.2, -0.15) is 0 Å². The lowest BCUT2D eigenvalue weighted by Crippen LogP contribution is -2.15. The van der Waals surface area contributed by atoms with Crippen molar-refractivity contribution in [2.75, 3.05) is 13.2 Å². The molecule has 0 unspecified atom stereocenters. The van der Waals surface area contributed by atoms with Crippen LogP contribution < -0.4 is 9.47 Å². The number of rotatable bonds is 1. The lowest BCUT2D eigenvalue weighted by Gasteiger charge is -2.17. The van der Waals surface area contributed by atoms with Gasteiger partial charge in [0.2, 0.25) is 0 Å². The third-order valence-corrected chi connectivity index (χ3v) is 3.28. The quantitative estimate of drug-likeness (QED) is 0.736. The van der Waals surface area contributed by atoms with Gasteiger partial charge in [0.1, 0.15) is 18.9 Å². The van der Waals surface area contributed by atoms with Crippen LogP contribution in [0.25, 0.3) is 22.6 Å². The van der Waals surface area contributed by atoms with Crippen molar-refractivity contribution in [1.82, 2.24) is 15.0 Å². The largest absolute Gasteiger partial charge is 0.486 e. The van der Waals surface area contributed by atoms with Gasteiger partial charge in [-0.25, -0.2) is 9.97 Å². The van der Waals surface area contributed by atoms with Gasteiger partial charge in [-0.3, -0.25) is 0 Å². The summed E-state index contributed by atoms with van der Waals surface area (Å²) in [7, 11) is 0. The Balaban J connectivity index is 1.86. The third kappa shape index (κ3) is 1.79. The third-order valence-electron chi connectivity index (χ3n) is 3.28. The van der Waals surface area contributed by atoms with E-state index in [1.165, 1.54) is 0 Å². The number of hydrogen-bond acceptors (Lipinski definition) is 4. The molecule has 0 saturated heterocycles. The Morgan fingerprint density at radius 2 is 1.85 bits per heavy atom. The second-order valence-corrected chi connectivity index (χ2v) is 4.76.